The number of para-hydroxylation sites is 1. The standard InChI is InChI=1S/C13H8ClF3N2O/c14-7-2-1-3-9(18)12(7)19-13(20)6-4-5-8(15)11(17)10(6)16/h1-5H,18H2,(H,19,20). The third-order valence-electron chi connectivity index (χ3n) is 2.56. The number of nitrogen functional groups attached to an aromatic ring is 1. The van der Waals surface area contributed by atoms with Gasteiger partial charge >= 0.3 is 0 Å². The minimum Gasteiger partial charge on any atom is -0.397 e. The van der Waals surface area contributed by atoms with E-state index in [1.165, 1.54) is 12.1 Å². The summed E-state index contributed by atoms with van der Waals surface area (Å²) in [5, 5.41) is 2.40. The van der Waals surface area contributed by atoms with Gasteiger partial charge in [-0.2, -0.15) is 0 Å². The summed E-state index contributed by atoms with van der Waals surface area (Å²) in [5.41, 5.74) is 5.20. The highest BCUT2D eigenvalue weighted by Gasteiger charge is 2.20. The van der Waals surface area contributed by atoms with Crippen LogP contribution >= 0.6 is 11.6 Å². The fourth-order valence-electron chi connectivity index (χ4n) is 1.55. The molecule has 104 valence electrons. The first-order valence-corrected chi connectivity index (χ1v) is 5.78. The summed E-state index contributed by atoms with van der Waals surface area (Å²) in [6.07, 6.45) is 0. The van der Waals surface area contributed by atoms with E-state index >= 15 is 0 Å². The van der Waals surface area contributed by atoms with Crippen molar-refractivity contribution in [2.75, 3.05) is 11.1 Å². The minimum atomic E-state index is -1.72. The summed E-state index contributed by atoms with van der Waals surface area (Å²) in [4.78, 5) is 11.8. The van der Waals surface area contributed by atoms with Crippen molar-refractivity contribution in [2.24, 2.45) is 0 Å². The fourth-order valence-corrected chi connectivity index (χ4v) is 1.78. The number of carbonyl (C=O) groups is 1. The van der Waals surface area contributed by atoms with Gasteiger partial charge in [-0.3, -0.25) is 4.79 Å². The molecule has 0 unspecified atom stereocenters. The predicted octanol–water partition coefficient (Wildman–Crippen LogP) is 3.59. The smallest absolute Gasteiger partial charge is 0.258 e. The van der Waals surface area contributed by atoms with Gasteiger partial charge in [0.2, 0.25) is 0 Å². The maximum Gasteiger partial charge on any atom is 0.258 e. The predicted molar refractivity (Wildman–Crippen MR) is 70.1 cm³/mol. The molecule has 0 radical (unpaired) electrons. The quantitative estimate of drug-likeness (QED) is 0.658. The second-order valence-corrected chi connectivity index (χ2v) is 4.29. The second-order valence-electron chi connectivity index (χ2n) is 3.88. The van der Waals surface area contributed by atoms with Crippen molar-refractivity contribution in [1.29, 1.82) is 0 Å². The van der Waals surface area contributed by atoms with Crippen molar-refractivity contribution < 1.29 is 18.0 Å². The lowest BCUT2D eigenvalue weighted by molar-refractivity contribution is 0.102. The molecule has 0 bridgehead atoms. The van der Waals surface area contributed by atoms with Crippen LogP contribution < -0.4 is 11.1 Å². The summed E-state index contributed by atoms with van der Waals surface area (Å²) in [6, 6.07) is 5.99. The molecule has 3 N–H and O–H groups in total. The molecule has 0 fully saturated rings. The van der Waals surface area contributed by atoms with Gasteiger partial charge in [-0.1, -0.05) is 17.7 Å². The maximum absolute atomic E-state index is 13.5. The highest BCUT2D eigenvalue weighted by Crippen LogP contribution is 2.28. The van der Waals surface area contributed by atoms with E-state index in [-0.39, 0.29) is 16.4 Å². The first kappa shape index (κ1) is 14.2. The zero-order valence-corrected chi connectivity index (χ0v) is 10.6. The van der Waals surface area contributed by atoms with Gasteiger partial charge in [0.15, 0.2) is 17.5 Å². The van der Waals surface area contributed by atoms with Gasteiger partial charge in [0.25, 0.3) is 5.91 Å². The Morgan fingerprint density at radius 2 is 1.80 bits per heavy atom. The highest BCUT2D eigenvalue weighted by atomic mass is 35.5. The molecule has 0 aliphatic heterocycles. The monoisotopic (exact) mass is 300 g/mol. The van der Waals surface area contributed by atoms with Gasteiger partial charge in [-0.25, -0.2) is 13.2 Å². The Balaban J connectivity index is 2.36. The molecule has 0 atom stereocenters. The van der Waals surface area contributed by atoms with Gasteiger partial charge in [0.05, 0.1) is 22.0 Å². The zero-order valence-electron chi connectivity index (χ0n) is 9.88. The van der Waals surface area contributed by atoms with Gasteiger partial charge in [0, 0.05) is 0 Å². The molecule has 0 aromatic heterocycles. The van der Waals surface area contributed by atoms with E-state index in [1.807, 2.05) is 0 Å². The number of amides is 1. The van der Waals surface area contributed by atoms with Crippen molar-refractivity contribution in [2.45, 2.75) is 0 Å². The molecule has 0 saturated heterocycles. The fraction of sp³-hybridized carbons (Fsp3) is 0. The number of hydrogen-bond acceptors (Lipinski definition) is 2. The van der Waals surface area contributed by atoms with E-state index in [1.54, 1.807) is 6.07 Å². The number of nitrogens with two attached hydrogens (primary N) is 1. The van der Waals surface area contributed by atoms with Crippen LogP contribution in [-0.2, 0) is 0 Å². The number of hydrogen-bond donors (Lipinski definition) is 2. The number of halogens is 4. The van der Waals surface area contributed by atoms with Crippen LogP contribution in [0.1, 0.15) is 10.4 Å². The molecule has 7 heteroatoms. The number of nitrogens with one attached hydrogen (secondary N) is 1. The first-order chi connectivity index (χ1) is 9.41. The molecule has 1 amide bonds. The third kappa shape index (κ3) is 2.55. The number of carbonyl (C=O) groups excluding carboxylic acids is 1. The lowest BCUT2D eigenvalue weighted by Crippen LogP contribution is -2.16. The molecule has 0 heterocycles. The normalized spacial score (nSPS) is 10.4. The summed E-state index contributed by atoms with van der Waals surface area (Å²) in [6.45, 7) is 0. The van der Waals surface area contributed by atoms with Crippen LogP contribution in [0.4, 0.5) is 24.5 Å². The topological polar surface area (TPSA) is 55.1 Å². The Kier molecular flexibility index (Phi) is 3.85. The zero-order chi connectivity index (χ0) is 14.9. The molecule has 20 heavy (non-hydrogen) atoms. The molecule has 0 saturated carbocycles. The third-order valence-corrected chi connectivity index (χ3v) is 2.88. The van der Waals surface area contributed by atoms with Crippen LogP contribution in [0.25, 0.3) is 0 Å². The average Bonchev–Trinajstić information content (AvgIpc) is 2.40. The van der Waals surface area contributed by atoms with E-state index in [4.69, 9.17) is 17.3 Å². The molecule has 2 aromatic carbocycles. The lowest BCUT2D eigenvalue weighted by atomic mass is 10.1. The van der Waals surface area contributed by atoms with Crippen molar-refractivity contribution in [3.63, 3.8) is 0 Å². The van der Waals surface area contributed by atoms with E-state index < -0.39 is 28.9 Å². The van der Waals surface area contributed by atoms with Crippen molar-refractivity contribution in [1.82, 2.24) is 0 Å². The summed E-state index contributed by atoms with van der Waals surface area (Å²) < 4.78 is 39.3. The SMILES string of the molecule is Nc1cccc(Cl)c1NC(=O)c1ccc(F)c(F)c1F. The maximum atomic E-state index is 13.5. The number of anilines is 2. The Bertz CT molecular complexity index is 671. The van der Waals surface area contributed by atoms with Crippen LogP contribution in [0, 0.1) is 17.5 Å². The Morgan fingerprint density at radius 3 is 2.45 bits per heavy atom. The van der Waals surface area contributed by atoms with E-state index in [9.17, 15) is 18.0 Å². The molecule has 0 spiro atoms. The first-order valence-electron chi connectivity index (χ1n) is 5.40. The van der Waals surface area contributed by atoms with Gasteiger partial charge in [-0.05, 0) is 24.3 Å². The van der Waals surface area contributed by atoms with Crippen LogP contribution in [0.15, 0.2) is 30.3 Å². The van der Waals surface area contributed by atoms with Crippen molar-refractivity contribution >= 4 is 28.9 Å². The largest absolute Gasteiger partial charge is 0.397 e. The minimum absolute atomic E-state index is 0.0725. The Labute approximate surface area is 117 Å². The van der Waals surface area contributed by atoms with Crippen LogP contribution in [0.3, 0.4) is 0 Å². The Morgan fingerprint density at radius 1 is 1.10 bits per heavy atom. The van der Waals surface area contributed by atoms with E-state index in [2.05, 4.69) is 5.32 Å². The molecule has 2 aromatic rings. The molecule has 0 aliphatic carbocycles. The average molecular weight is 301 g/mol. The lowest BCUT2D eigenvalue weighted by Gasteiger charge is -2.10. The molecule has 3 nitrogen and oxygen atoms in total. The summed E-state index contributed by atoms with van der Waals surface area (Å²) in [5.74, 6) is -5.66. The van der Waals surface area contributed by atoms with Gasteiger partial charge in [-0.15, -0.1) is 0 Å². The summed E-state index contributed by atoms with van der Waals surface area (Å²) in [7, 11) is 0. The second kappa shape index (κ2) is 5.42. The van der Waals surface area contributed by atoms with Gasteiger partial charge in [0.1, 0.15) is 0 Å². The molecule has 0 aliphatic rings. The molecule has 2 rings (SSSR count). The summed E-state index contributed by atoms with van der Waals surface area (Å²) >= 11 is 5.83. The van der Waals surface area contributed by atoms with E-state index in [0.717, 1.165) is 6.07 Å². The van der Waals surface area contributed by atoms with E-state index in [0.29, 0.717) is 6.07 Å². The molecular formula is C13H8ClF3N2O. The Hall–Kier alpha value is -2.21. The van der Waals surface area contributed by atoms with Crippen molar-refractivity contribution in [3.05, 3.63) is 58.4 Å². The van der Waals surface area contributed by atoms with Gasteiger partial charge < -0.3 is 11.1 Å². The number of rotatable bonds is 2. The van der Waals surface area contributed by atoms with Crippen LogP contribution in [0.5, 0.6) is 0 Å². The number of benzene rings is 2. The van der Waals surface area contributed by atoms with Crippen molar-refractivity contribution in [3.8, 4) is 0 Å². The van der Waals surface area contributed by atoms with Crippen LogP contribution in [-0.4, -0.2) is 5.91 Å². The molecular weight excluding hydrogens is 293 g/mol. The highest BCUT2D eigenvalue weighted by molar-refractivity contribution is 6.34. The van der Waals surface area contributed by atoms with Crippen LogP contribution in [0.2, 0.25) is 5.02 Å².